The van der Waals surface area contributed by atoms with Gasteiger partial charge in [-0.15, -0.1) is 0 Å². The quantitative estimate of drug-likeness (QED) is 0.230. The number of fused-ring (bicyclic) bond motifs is 1. The Hall–Kier alpha value is -5.19. The molecule has 0 saturated carbocycles. The van der Waals surface area contributed by atoms with Crippen LogP contribution in [0.1, 0.15) is 38.7 Å². The van der Waals surface area contributed by atoms with Crippen molar-refractivity contribution in [1.29, 1.82) is 0 Å². The van der Waals surface area contributed by atoms with Crippen molar-refractivity contribution in [2.75, 3.05) is 34.9 Å². The van der Waals surface area contributed by atoms with Crippen molar-refractivity contribution < 1.29 is 22.8 Å². The number of hydrogen-bond donors (Lipinski definition) is 3. The van der Waals surface area contributed by atoms with Crippen molar-refractivity contribution >= 4 is 46.5 Å². The number of anilines is 5. The van der Waals surface area contributed by atoms with E-state index in [4.69, 9.17) is 0 Å². The Bertz CT molecular complexity index is 1700. The van der Waals surface area contributed by atoms with Crippen molar-refractivity contribution in [2.45, 2.75) is 19.0 Å². The summed E-state index contributed by atoms with van der Waals surface area (Å²) in [6, 6.07) is 16.9. The van der Waals surface area contributed by atoms with Crippen LogP contribution >= 0.6 is 0 Å². The van der Waals surface area contributed by atoms with Crippen molar-refractivity contribution in [2.24, 2.45) is 0 Å². The summed E-state index contributed by atoms with van der Waals surface area (Å²) in [6.07, 6.45) is 0.379. The number of aryl methyl sites for hydroxylation is 1. The molecular weight excluding hydrogens is 545 g/mol. The Kier molecular flexibility index (Phi) is 7.66. The second-order valence-corrected chi connectivity index (χ2v) is 9.98. The third-order valence-electron chi connectivity index (χ3n) is 6.78. The van der Waals surface area contributed by atoms with Gasteiger partial charge in [0.15, 0.2) is 0 Å². The summed E-state index contributed by atoms with van der Waals surface area (Å²) in [5.41, 5.74) is 3.53. The summed E-state index contributed by atoms with van der Waals surface area (Å²) in [4.78, 5) is 36.8. The minimum absolute atomic E-state index is 0.138. The van der Waals surface area contributed by atoms with Gasteiger partial charge in [-0.3, -0.25) is 9.59 Å². The van der Waals surface area contributed by atoms with Gasteiger partial charge in [-0.05, 0) is 61.0 Å². The van der Waals surface area contributed by atoms with E-state index in [9.17, 15) is 22.8 Å². The summed E-state index contributed by atoms with van der Waals surface area (Å²) >= 11 is 0. The fourth-order valence-corrected chi connectivity index (χ4v) is 4.50. The average molecular weight is 573 g/mol. The van der Waals surface area contributed by atoms with Gasteiger partial charge in [0.25, 0.3) is 5.91 Å². The van der Waals surface area contributed by atoms with E-state index in [-0.39, 0.29) is 11.5 Å². The molecule has 1 aliphatic rings. The van der Waals surface area contributed by atoms with E-state index in [0.29, 0.717) is 28.5 Å². The van der Waals surface area contributed by atoms with E-state index in [1.54, 1.807) is 37.3 Å². The van der Waals surface area contributed by atoms with Crippen LogP contribution in [0.4, 0.5) is 41.7 Å². The summed E-state index contributed by atoms with van der Waals surface area (Å²) in [5.74, 6) is -1.16. The van der Waals surface area contributed by atoms with Crippen LogP contribution in [0.15, 0.2) is 79.1 Å². The number of alkyl halides is 3. The molecule has 214 valence electrons. The molecule has 1 aromatic heterocycles. The molecule has 3 N–H and O–H groups in total. The molecule has 2 amide bonds. The summed E-state index contributed by atoms with van der Waals surface area (Å²) in [5, 5.41) is 8.79. The van der Waals surface area contributed by atoms with Crippen LogP contribution in [0.2, 0.25) is 0 Å². The van der Waals surface area contributed by atoms with Gasteiger partial charge in [-0.2, -0.15) is 13.2 Å². The largest absolute Gasteiger partial charge is 0.416 e. The number of benzene rings is 3. The molecule has 3 aromatic carbocycles. The maximum atomic E-state index is 13.4. The molecule has 42 heavy (non-hydrogen) atoms. The van der Waals surface area contributed by atoms with E-state index < -0.39 is 23.6 Å². The first-order valence-electron chi connectivity index (χ1n) is 13.0. The molecular formula is C31H27F3N6O2. The first-order chi connectivity index (χ1) is 20.0. The van der Waals surface area contributed by atoms with Gasteiger partial charge in [0.2, 0.25) is 5.91 Å². The molecule has 0 radical (unpaired) electrons. The fourth-order valence-electron chi connectivity index (χ4n) is 4.50. The van der Waals surface area contributed by atoms with Crippen molar-refractivity contribution in [3.8, 4) is 0 Å². The molecule has 1 atom stereocenters. The first kappa shape index (κ1) is 28.3. The van der Waals surface area contributed by atoms with Gasteiger partial charge < -0.3 is 20.9 Å². The standard InChI is InChI=1S/C31H27F3N6O2/c1-18-10-11-22(38-29(41)19-6-4-7-20(14-19)31(32,33)34)16-26(18)39-30(42)25-13-12-24-27(25)35-17-36-28(24)37-21-8-5-9-23(15-21)40(2)3/h4-17,25H,1-3H3,(H,38,41)(H,39,42)(H,35,36,37). The summed E-state index contributed by atoms with van der Waals surface area (Å²) < 4.78 is 39.2. The Morgan fingerprint density at radius 2 is 1.69 bits per heavy atom. The number of carbonyl (C=O) groups excluding carboxylic acids is 2. The highest BCUT2D eigenvalue weighted by Gasteiger charge is 2.31. The molecule has 4 aromatic rings. The zero-order chi connectivity index (χ0) is 30.0. The highest BCUT2D eigenvalue weighted by molar-refractivity contribution is 6.05. The van der Waals surface area contributed by atoms with Gasteiger partial charge in [0.05, 0.1) is 17.2 Å². The van der Waals surface area contributed by atoms with Crippen molar-refractivity contribution in [3.05, 3.63) is 107 Å². The normalized spacial score (nSPS) is 13.8. The van der Waals surface area contributed by atoms with Crippen LogP contribution in [-0.2, 0) is 11.0 Å². The second kappa shape index (κ2) is 11.4. The SMILES string of the molecule is Cc1ccc(NC(=O)c2cccc(C(F)(F)F)c2)cc1NC(=O)C1C=Cc2c(Nc3cccc(N(C)C)c3)ncnc21. The zero-order valence-corrected chi connectivity index (χ0v) is 23.0. The Morgan fingerprint density at radius 1 is 0.905 bits per heavy atom. The number of halogens is 3. The predicted octanol–water partition coefficient (Wildman–Crippen LogP) is 6.61. The minimum atomic E-state index is -4.57. The van der Waals surface area contributed by atoms with E-state index in [1.807, 2.05) is 43.3 Å². The smallest absolute Gasteiger partial charge is 0.378 e. The zero-order valence-electron chi connectivity index (χ0n) is 23.0. The van der Waals surface area contributed by atoms with Crippen LogP contribution in [0, 0.1) is 6.92 Å². The Labute approximate surface area is 240 Å². The van der Waals surface area contributed by atoms with Crippen LogP contribution in [-0.4, -0.2) is 35.9 Å². The fraction of sp³-hybridized carbons (Fsp3) is 0.161. The average Bonchev–Trinajstić information content (AvgIpc) is 3.40. The third-order valence-corrected chi connectivity index (χ3v) is 6.78. The minimum Gasteiger partial charge on any atom is -0.378 e. The van der Waals surface area contributed by atoms with E-state index in [1.165, 1.54) is 18.5 Å². The van der Waals surface area contributed by atoms with Gasteiger partial charge in [-0.1, -0.05) is 30.4 Å². The number of amides is 2. The van der Waals surface area contributed by atoms with E-state index >= 15 is 0 Å². The van der Waals surface area contributed by atoms with Gasteiger partial charge in [0, 0.05) is 48.0 Å². The van der Waals surface area contributed by atoms with Gasteiger partial charge in [-0.25, -0.2) is 9.97 Å². The maximum Gasteiger partial charge on any atom is 0.416 e. The maximum absolute atomic E-state index is 13.4. The van der Waals surface area contributed by atoms with Crippen LogP contribution < -0.4 is 20.9 Å². The van der Waals surface area contributed by atoms with Crippen molar-refractivity contribution in [1.82, 2.24) is 9.97 Å². The molecule has 0 aliphatic heterocycles. The number of rotatable bonds is 7. The molecule has 1 heterocycles. The Morgan fingerprint density at radius 3 is 2.45 bits per heavy atom. The number of nitrogens with zero attached hydrogens (tertiary/aromatic N) is 3. The number of hydrogen-bond acceptors (Lipinski definition) is 6. The number of nitrogens with one attached hydrogen (secondary N) is 3. The number of aromatic nitrogens is 2. The second-order valence-electron chi connectivity index (χ2n) is 9.98. The predicted molar refractivity (Wildman–Crippen MR) is 157 cm³/mol. The lowest BCUT2D eigenvalue weighted by atomic mass is 10.1. The van der Waals surface area contributed by atoms with Crippen LogP contribution in [0.5, 0.6) is 0 Å². The first-order valence-corrected chi connectivity index (χ1v) is 13.0. The lowest BCUT2D eigenvalue weighted by molar-refractivity contribution is -0.137. The molecule has 0 fully saturated rings. The van der Waals surface area contributed by atoms with Crippen LogP contribution in [0.25, 0.3) is 6.08 Å². The highest BCUT2D eigenvalue weighted by atomic mass is 19.4. The molecule has 5 rings (SSSR count). The highest BCUT2D eigenvalue weighted by Crippen LogP contribution is 2.35. The number of carbonyl (C=O) groups is 2. The molecule has 0 saturated heterocycles. The molecule has 8 nitrogen and oxygen atoms in total. The molecule has 0 bridgehead atoms. The van der Waals surface area contributed by atoms with E-state index in [2.05, 4.69) is 25.9 Å². The lowest BCUT2D eigenvalue weighted by Gasteiger charge is -2.16. The van der Waals surface area contributed by atoms with Crippen molar-refractivity contribution in [3.63, 3.8) is 0 Å². The van der Waals surface area contributed by atoms with Gasteiger partial charge >= 0.3 is 6.18 Å². The lowest BCUT2D eigenvalue weighted by Crippen LogP contribution is -2.21. The monoisotopic (exact) mass is 572 g/mol. The molecule has 11 heteroatoms. The van der Waals surface area contributed by atoms with Crippen LogP contribution in [0.3, 0.4) is 0 Å². The summed E-state index contributed by atoms with van der Waals surface area (Å²) in [6.45, 7) is 1.79. The van der Waals surface area contributed by atoms with Gasteiger partial charge in [0.1, 0.15) is 12.1 Å². The summed E-state index contributed by atoms with van der Waals surface area (Å²) in [7, 11) is 3.91. The molecule has 1 unspecified atom stereocenters. The molecule has 0 spiro atoms. The molecule has 1 aliphatic carbocycles. The topological polar surface area (TPSA) is 99.2 Å². The van der Waals surface area contributed by atoms with E-state index in [0.717, 1.165) is 29.1 Å². The third kappa shape index (κ3) is 6.09. The Balaban J connectivity index is 1.31.